The van der Waals surface area contributed by atoms with Crippen molar-refractivity contribution < 1.29 is 24.0 Å². The van der Waals surface area contributed by atoms with Gasteiger partial charge in [-0.1, -0.05) is 0 Å². The van der Waals surface area contributed by atoms with E-state index in [0.29, 0.717) is 36.8 Å². The minimum Gasteiger partial charge on any atom is -0.464 e. The van der Waals surface area contributed by atoms with Gasteiger partial charge in [-0.25, -0.2) is 9.78 Å². The summed E-state index contributed by atoms with van der Waals surface area (Å²) in [6.07, 6.45) is 3.67. The number of non-ortho nitro benzene ring substituents is 1. The summed E-state index contributed by atoms with van der Waals surface area (Å²) in [6, 6.07) is 5.91. The average molecular weight is 433 g/mol. The zero-order chi connectivity index (χ0) is 21.9. The van der Waals surface area contributed by atoms with Gasteiger partial charge in [0.15, 0.2) is 5.69 Å². The SMILES string of the molecule is CCOCCCN(Cc1nc(C(=O)OC)cs1)C(=O)C=Cc1ccc([N+](=O)[O-])cc1. The Morgan fingerprint density at radius 3 is 2.67 bits per heavy atom. The maximum absolute atomic E-state index is 12.7. The number of nitrogens with zero attached hydrogens (tertiary/aromatic N) is 3. The van der Waals surface area contributed by atoms with Gasteiger partial charge in [-0.2, -0.15) is 0 Å². The molecule has 0 unspecified atom stereocenters. The van der Waals surface area contributed by atoms with Crippen molar-refractivity contribution in [1.82, 2.24) is 9.88 Å². The molecule has 0 saturated carbocycles. The summed E-state index contributed by atoms with van der Waals surface area (Å²) in [4.78, 5) is 40.4. The Balaban J connectivity index is 2.08. The molecule has 2 rings (SSSR count). The topological polar surface area (TPSA) is 112 Å². The van der Waals surface area contributed by atoms with Crippen LogP contribution in [-0.2, 0) is 20.8 Å². The van der Waals surface area contributed by atoms with E-state index in [1.54, 1.807) is 28.5 Å². The molecular weight excluding hydrogens is 410 g/mol. The van der Waals surface area contributed by atoms with Gasteiger partial charge >= 0.3 is 5.97 Å². The van der Waals surface area contributed by atoms with E-state index in [1.165, 1.54) is 36.7 Å². The van der Waals surface area contributed by atoms with Crippen LogP contribution >= 0.6 is 11.3 Å². The summed E-state index contributed by atoms with van der Waals surface area (Å²) in [7, 11) is 1.29. The third-order valence-corrected chi connectivity index (χ3v) is 4.86. The van der Waals surface area contributed by atoms with Gasteiger partial charge in [-0.15, -0.1) is 11.3 Å². The molecule has 0 saturated heterocycles. The third kappa shape index (κ3) is 7.05. The number of thiazole rings is 1. The first kappa shape index (κ1) is 23.2. The van der Waals surface area contributed by atoms with E-state index in [4.69, 9.17) is 4.74 Å². The number of carbonyl (C=O) groups excluding carboxylic acids is 2. The number of nitro benzene ring substituents is 1. The molecule has 0 fully saturated rings. The van der Waals surface area contributed by atoms with Crippen LogP contribution in [0.1, 0.15) is 34.4 Å². The Morgan fingerprint density at radius 1 is 1.30 bits per heavy atom. The number of hydrogen-bond donors (Lipinski definition) is 0. The summed E-state index contributed by atoms with van der Waals surface area (Å²) < 4.78 is 10.00. The summed E-state index contributed by atoms with van der Waals surface area (Å²) in [5, 5.41) is 12.9. The first-order chi connectivity index (χ1) is 14.4. The lowest BCUT2D eigenvalue weighted by molar-refractivity contribution is -0.384. The van der Waals surface area contributed by atoms with Crippen LogP contribution in [0, 0.1) is 10.1 Å². The van der Waals surface area contributed by atoms with Crippen LogP contribution in [0.3, 0.4) is 0 Å². The molecule has 0 atom stereocenters. The van der Waals surface area contributed by atoms with Crippen molar-refractivity contribution in [3.8, 4) is 0 Å². The molecule has 1 aromatic carbocycles. The number of nitro groups is 1. The van der Waals surface area contributed by atoms with Crippen LogP contribution in [0.15, 0.2) is 35.7 Å². The normalized spacial score (nSPS) is 10.9. The smallest absolute Gasteiger partial charge is 0.357 e. The van der Waals surface area contributed by atoms with Gasteiger partial charge in [-0.3, -0.25) is 14.9 Å². The number of rotatable bonds is 11. The lowest BCUT2D eigenvalue weighted by Gasteiger charge is -2.20. The molecule has 0 radical (unpaired) electrons. The fourth-order valence-electron chi connectivity index (χ4n) is 2.49. The minimum absolute atomic E-state index is 0.0128. The molecule has 0 bridgehead atoms. The highest BCUT2D eigenvalue weighted by atomic mass is 32.1. The Hall–Kier alpha value is -3.11. The van der Waals surface area contributed by atoms with Gasteiger partial charge in [0.25, 0.3) is 5.69 Å². The second kappa shape index (κ2) is 11.8. The number of esters is 1. The molecule has 1 heterocycles. The molecule has 0 aliphatic heterocycles. The fourth-order valence-corrected chi connectivity index (χ4v) is 3.27. The zero-order valence-electron chi connectivity index (χ0n) is 16.8. The number of carbonyl (C=O) groups is 2. The molecule has 0 aliphatic carbocycles. The van der Waals surface area contributed by atoms with Crippen molar-refractivity contribution in [2.75, 3.05) is 26.9 Å². The Labute approximate surface area is 178 Å². The highest BCUT2D eigenvalue weighted by Crippen LogP contribution is 2.16. The molecule has 2 aromatic rings. The molecule has 9 nitrogen and oxygen atoms in total. The highest BCUT2D eigenvalue weighted by molar-refractivity contribution is 7.09. The molecule has 0 spiro atoms. The van der Waals surface area contributed by atoms with Crippen molar-refractivity contribution in [3.63, 3.8) is 0 Å². The molecule has 10 heteroatoms. The molecule has 30 heavy (non-hydrogen) atoms. The second-order valence-corrected chi connectivity index (χ2v) is 7.05. The molecule has 160 valence electrons. The predicted octanol–water partition coefficient (Wildman–Crippen LogP) is 3.31. The molecule has 1 aromatic heterocycles. The number of methoxy groups -OCH3 is 1. The van der Waals surface area contributed by atoms with E-state index in [-0.39, 0.29) is 23.8 Å². The molecule has 1 amide bonds. The maximum Gasteiger partial charge on any atom is 0.357 e. The lowest BCUT2D eigenvalue weighted by atomic mass is 10.2. The van der Waals surface area contributed by atoms with E-state index >= 15 is 0 Å². The maximum atomic E-state index is 12.7. The number of hydrogen-bond acceptors (Lipinski definition) is 8. The molecule has 0 aliphatic rings. The number of benzene rings is 1. The number of ether oxygens (including phenoxy) is 2. The van der Waals surface area contributed by atoms with Crippen molar-refractivity contribution in [1.29, 1.82) is 0 Å². The van der Waals surface area contributed by atoms with Crippen LogP contribution in [0.25, 0.3) is 6.08 Å². The number of aromatic nitrogens is 1. The summed E-state index contributed by atoms with van der Waals surface area (Å²) in [5.74, 6) is -0.760. The first-order valence-corrected chi connectivity index (χ1v) is 10.1. The Bertz CT molecular complexity index is 894. The molecular formula is C20H23N3O6S. The van der Waals surface area contributed by atoms with Crippen molar-refractivity contribution >= 4 is 35.0 Å². The average Bonchev–Trinajstić information content (AvgIpc) is 3.22. The van der Waals surface area contributed by atoms with Crippen LogP contribution in [-0.4, -0.2) is 53.6 Å². The first-order valence-electron chi connectivity index (χ1n) is 9.26. The monoisotopic (exact) mass is 433 g/mol. The predicted molar refractivity (Wildman–Crippen MR) is 112 cm³/mol. The quantitative estimate of drug-likeness (QED) is 0.176. The van der Waals surface area contributed by atoms with E-state index in [1.807, 2.05) is 6.92 Å². The van der Waals surface area contributed by atoms with Gasteiger partial charge in [0, 0.05) is 43.3 Å². The van der Waals surface area contributed by atoms with E-state index in [2.05, 4.69) is 9.72 Å². The largest absolute Gasteiger partial charge is 0.464 e. The highest BCUT2D eigenvalue weighted by Gasteiger charge is 2.16. The van der Waals surface area contributed by atoms with E-state index in [9.17, 15) is 19.7 Å². The fraction of sp³-hybridized carbons (Fsp3) is 0.350. The molecule has 0 N–H and O–H groups in total. The summed E-state index contributed by atoms with van der Waals surface area (Å²) in [5.41, 5.74) is 0.868. The van der Waals surface area contributed by atoms with Gasteiger partial charge in [0.05, 0.1) is 18.6 Å². The van der Waals surface area contributed by atoms with Crippen LogP contribution in [0.4, 0.5) is 5.69 Å². The summed E-state index contributed by atoms with van der Waals surface area (Å²) >= 11 is 1.28. The Kier molecular flexibility index (Phi) is 9.10. The van der Waals surface area contributed by atoms with Crippen LogP contribution in [0.5, 0.6) is 0 Å². The second-order valence-electron chi connectivity index (χ2n) is 6.11. The third-order valence-electron chi connectivity index (χ3n) is 4.03. The lowest BCUT2D eigenvalue weighted by Crippen LogP contribution is -2.30. The van der Waals surface area contributed by atoms with Crippen LogP contribution < -0.4 is 0 Å². The van der Waals surface area contributed by atoms with Gasteiger partial charge in [0.1, 0.15) is 5.01 Å². The Morgan fingerprint density at radius 2 is 2.03 bits per heavy atom. The van der Waals surface area contributed by atoms with Gasteiger partial charge in [0.2, 0.25) is 5.91 Å². The summed E-state index contributed by atoms with van der Waals surface area (Å²) in [6.45, 7) is 3.73. The van der Waals surface area contributed by atoms with Gasteiger partial charge in [-0.05, 0) is 37.1 Å². The van der Waals surface area contributed by atoms with Crippen molar-refractivity contribution in [2.24, 2.45) is 0 Å². The van der Waals surface area contributed by atoms with Crippen LogP contribution in [0.2, 0.25) is 0 Å². The number of amides is 1. The van der Waals surface area contributed by atoms with E-state index < -0.39 is 10.9 Å². The zero-order valence-corrected chi connectivity index (χ0v) is 17.6. The van der Waals surface area contributed by atoms with Crippen molar-refractivity contribution in [2.45, 2.75) is 19.9 Å². The van der Waals surface area contributed by atoms with Crippen molar-refractivity contribution in [3.05, 3.63) is 62.1 Å². The standard InChI is InChI=1S/C20H23N3O6S/c1-3-29-12-4-11-22(13-18-21-17(14-30-18)20(25)28-2)19(24)10-7-15-5-8-16(9-6-15)23(26)27/h5-10,14H,3-4,11-13H2,1-2H3. The van der Waals surface area contributed by atoms with Gasteiger partial charge < -0.3 is 14.4 Å². The van der Waals surface area contributed by atoms with E-state index in [0.717, 1.165) is 0 Å². The minimum atomic E-state index is -0.523.